The van der Waals surface area contributed by atoms with Gasteiger partial charge >= 0.3 is 0 Å². The maximum atomic E-state index is 12.6. The monoisotopic (exact) mass is 394 g/mol. The molecule has 3 rings (SSSR count). The number of hydrogen-bond acceptors (Lipinski definition) is 3. The highest BCUT2D eigenvalue weighted by molar-refractivity contribution is 7.89. The van der Waals surface area contributed by atoms with Gasteiger partial charge in [-0.3, -0.25) is 4.79 Å². The third kappa shape index (κ3) is 5.28. The Labute approximate surface area is 165 Å². The minimum atomic E-state index is -3.71. The van der Waals surface area contributed by atoms with Crippen molar-refractivity contribution < 1.29 is 13.2 Å². The van der Waals surface area contributed by atoms with Crippen molar-refractivity contribution in [2.24, 2.45) is 5.14 Å². The summed E-state index contributed by atoms with van der Waals surface area (Å²) in [6.07, 6.45) is 0.803. The van der Waals surface area contributed by atoms with E-state index in [2.05, 4.69) is 5.32 Å². The number of nitrogens with one attached hydrogen (secondary N) is 1. The highest BCUT2D eigenvalue weighted by Crippen LogP contribution is 2.22. The van der Waals surface area contributed by atoms with Crippen LogP contribution in [-0.4, -0.2) is 14.3 Å². The molecule has 3 aromatic carbocycles. The molecule has 0 unspecified atom stereocenters. The van der Waals surface area contributed by atoms with Gasteiger partial charge < -0.3 is 5.32 Å². The molecule has 3 aromatic rings. The molecule has 0 saturated heterocycles. The van der Waals surface area contributed by atoms with Gasteiger partial charge in [-0.15, -0.1) is 0 Å². The van der Waals surface area contributed by atoms with Crippen molar-refractivity contribution in [1.29, 1.82) is 0 Å². The Kier molecular flexibility index (Phi) is 6.23. The Hall–Kier alpha value is -2.96. The van der Waals surface area contributed by atoms with E-state index in [1.165, 1.54) is 12.1 Å². The third-order valence-electron chi connectivity index (χ3n) is 4.46. The van der Waals surface area contributed by atoms with Crippen LogP contribution in [0, 0.1) is 0 Å². The average Bonchev–Trinajstić information content (AvgIpc) is 2.71. The summed E-state index contributed by atoms with van der Waals surface area (Å²) in [6.45, 7) is 0. The molecule has 0 aliphatic heterocycles. The van der Waals surface area contributed by atoms with Crippen LogP contribution in [0.15, 0.2) is 89.8 Å². The largest absolute Gasteiger partial charge is 0.345 e. The zero-order chi connectivity index (χ0) is 20.0. The van der Waals surface area contributed by atoms with Crippen molar-refractivity contribution in [3.63, 3.8) is 0 Å². The van der Waals surface area contributed by atoms with Crippen molar-refractivity contribution in [3.05, 3.63) is 102 Å². The molecule has 6 heteroatoms. The van der Waals surface area contributed by atoms with Crippen LogP contribution in [-0.2, 0) is 21.2 Å². The minimum absolute atomic E-state index is 0.0638. The lowest BCUT2D eigenvalue weighted by Gasteiger charge is -2.20. The highest BCUT2D eigenvalue weighted by atomic mass is 32.2. The van der Waals surface area contributed by atoms with Gasteiger partial charge in [-0.05, 0) is 35.2 Å². The summed E-state index contributed by atoms with van der Waals surface area (Å²) in [4.78, 5) is 12.6. The van der Waals surface area contributed by atoms with E-state index in [-0.39, 0.29) is 16.8 Å². The second-order valence-corrected chi connectivity index (χ2v) is 8.07. The molecule has 144 valence electrons. The first kappa shape index (κ1) is 19.8. The van der Waals surface area contributed by atoms with E-state index in [0.29, 0.717) is 12.8 Å². The van der Waals surface area contributed by atoms with Crippen molar-refractivity contribution in [2.75, 3.05) is 0 Å². The SMILES string of the molecule is NS(=O)(=O)c1ccc(CCC(=O)NC(c2ccccc2)c2ccccc2)cc1. The summed E-state index contributed by atoms with van der Waals surface area (Å²) in [7, 11) is -3.71. The summed E-state index contributed by atoms with van der Waals surface area (Å²) in [5.74, 6) is -0.0757. The number of rotatable bonds is 7. The maximum Gasteiger partial charge on any atom is 0.238 e. The summed E-state index contributed by atoms with van der Waals surface area (Å²) in [5.41, 5.74) is 2.90. The molecule has 0 saturated carbocycles. The van der Waals surface area contributed by atoms with Gasteiger partial charge in [0.25, 0.3) is 0 Å². The number of sulfonamides is 1. The summed E-state index contributed by atoms with van der Waals surface area (Å²) in [5, 5.41) is 8.20. The van der Waals surface area contributed by atoms with Crippen molar-refractivity contribution >= 4 is 15.9 Å². The molecule has 0 radical (unpaired) electrons. The highest BCUT2D eigenvalue weighted by Gasteiger charge is 2.16. The Balaban J connectivity index is 1.67. The van der Waals surface area contributed by atoms with Gasteiger partial charge in [0.05, 0.1) is 10.9 Å². The molecule has 0 aromatic heterocycles. The zero-order valence-corrected chi connectivity index (χ0v) is 16.1. The maximum absolute atomic E-state index is 12.6. The van der Waals surface area contributed by atoms with Crippen LogP contribution in [0.4, 0.5) is 0 Å². The van der Waals surface area contributed by atoms with E-state index in [9.17, 15) is 13.2 Å². The van der Waals surface area contributed by atoms with E-state index in [4.69, 9.17) is 5.14 Å². The van der Waals surface area contributed by atoms with Gasteiger partial charge in [0.15, 0.2) is 0 Å². The first-order chi connectivity index (χ1) is 13.4. The summed E-state index contributed by atoms with van der Waals surface area (Å²) >= 11 is 0. The fraction of sp³-hybridized carbons (Fsp3) is 0.136. The smallest absolute Gasteiger partial charge is 0.238 e. The molecule has 3 N–H and O–H groups in total. The van der Waals surface area contributed by atoms with Crippen LogP contribution in [0.3, 0.4) is 0 Å². The molecular weight excluding hydrogens is 372 g/mol. The van der Waals surface area contributed by atoms with Crippen molar-refractivity contribution in [1.82, 2.24) is 5.32 Å². The lowest BCUT2D eigenvalue weighted by molar-refractivity contribution is -0.121. The Morgan fingerprint density at radius 2 is 1.32 bits per heavy atom. The standard InChI is InChI=1S/C22H22N2O3S/c23-28(26,27)20-14-11-17(12-15-20)13-16-21(25)24-22(18-7-3-1-4-8-18)19-9-5-2-6-10-19/h1-12,14-15,22H,13,16H2,(H,24,25)(H2,23,26,27). The number of nitrogens with two attached hydrogens (primary N) is 1. The van der Waals surface area contributed by atoms with Gasteiger partial charge in [0, 0.05) is 6.42 Å². The second kappa shape index (κ2) is 8.82. The summed E-state index contributed by atoms with van der Waals surface area (Å²) in [6, 6.07) is 25.7. The number of carbonyl (C=O) groups excluding carboxylic acids is 1. The van der Waals surface area contributed by atoms with Gasteiger partial charge in [-0.25, -0.2) is 13.6 Å². The fourth-order valence-electron chi connectivity index (χ4n) is 2.99. The van der Waals surface area contributed by atoms with Crippen LogP contribution in [0.1, 0.15) is 29.2 Å². The molecule has 0 bridgehead atoms. The first-order valence-corrected chi connectivity index (χ1v) is 10.5. The fourth-order valence-corrected chi connectivity index (χ4v) is 3.50. The Morgan fingerprint density at radius 3 is 1.79 bits per heavy atom. The second-order valence-electron chi connectivity index (χ2n) is 6.51. The molecule has 0 heterocycles. The number of aryl methyl sites for hydroxylation is 1. The van der Waals surface area contributed by atoms with Crippen molar-refractivity contribution in [3.8, 4) is 0 Å². The molecular formula is C22H22N2O3S. The van der Waals surface area contributed by atoms with Crippen LogP contribution in [0.25, 0.3) is 0 Å². The molecule has 28 heavy (non-hydrogen) atoms. The number of hydrogen-bond donors (Lipinski definition) is 2. The first-order valence-electron chi connectivity index (χ1n) is 8.94. The normalized spacial score (nSPS) is 11.4. The molecule has 0 atom stereocenters. The Morgan fingerprint density at radius 1 is 0.821 bits per heavy atom. The predicted molar refractivity (Wildman–Crippen MR) is 109 cm³/mol. The van der Waals surface area contributed by atoms with E-state index in [0.717, 1.165) is 16.7 Å². The lowest BCUT2D eigenvalue weighted by Crippen LogP contribution is -2.29. The van der Waals surface area contributed by atoms with Crippen LogP contribution >= 0.6 is 0 Å². The van der Waals surface area contributed by atoms with Crippen LogP contribution in [0.5, 0.6) is 0 Å². The van der Waals surface area contributed by atoms with E-state index in [1.54, 1.807) is 12.1 Å². The number of primary sulfonamides is 1. The van der Waals surface area contributed by atoms with E-state index in [1.807, 2.05) is 60.7 Å². The lowest BCUT2D eigenvalue weighted by atomic mass is 9.98. The van der Waals surface area contributed by atoms with Gasteiger partial charge in [-0.1, -0.05) is 72.8 Å². The number of benzene rings is 3. The quantitative estimate of drug-likeness (QED) is 0.645. The predicted octanol–water partition coefficient (Wildman–Crippen LogP) is 3.17. The van der Waals surface area contributed by atoms with Crippen molar-refractivity contribution in [2.45, 2.75) is 23.8 Å². The molecule has 0 fully saturated rings. The van der Waals surface area contributed by atoms with Gasteiger partial charge in [0.2, 0.25) is 15.9 Å². The summed E-state index contributed by atoms with van der Waals surface area (Å²) < 4.78 is 22.6. The van der Waals surface area contributed by atoms with E-state index >= 15 is 0 Å². The number of carbonyl (C=O) groups is 1. The van der Waals surface area contributed by atoms with Gasteiger partial charge in [0.1, 0.15) is 0 Å². The van der Waals surface area contributed by atoms with Gasteiger partial charge in [-0.2, -0.15) is 0 Å². The number of amides is 1. The van der Waals surface area contributed by atoms with E-state index < -0.39 is 10.0 Å². The van der Waals surface area contributed by atoms with Crippen LogP contribution < -0.4 is 10.5 Å². The zero-order valence-electron chi connectivity index (χ0n) is 15.3. The molecule has 0 aliphatic rings. The topological polar surface area (TPSA) is 89.3 Å². The van der Waals surface area contributed by atoms with Crippen LogP contribution in [0.2, 0.25) is 0 Å². The average molecular weight is 394 g/mol. The molecule has 1 amide bonds. The molecule has 0 aliphatic carbocycles. The Bertz CT molecular complexity index is 979. The minimum Gasteiger partial charge on any atom is -0.345 e. The molecule has 0 spiro atoms. The molecule has 5 nitrogen and oxygen atoms in total. The third-order valence-corrected chi connectivity index (χ3v) is 5.39.